The predicted molar refractivity (Wildman–Crippen MR) is 60.8 cm³/mol. The summed E-state index contributed by atoms with van der Waals surface area (Å²) in [5, 5.41) is 2.71. The van der Waals surface area contributed by atoms with Crippen LogP contribution in [0.2, 0.25) is 0 Å². The Hall–Kier alpha value is -0.800. The number of nitrogens with one attached hydrogen (secondary N) is 1. The number of hydrogen-bond acceptors (Lipinski definition) is 1. The molecule has 86 valence electrons. The van der Waals surface area contributed by atoms with E-state index < -0.39 is 4.33 Å². The van der Waals surface area contributed by atoms with Crippen LogP contribution in [0, 0.1) is 11.7 Å². The highest BCUT2D eigenvalue weighted by Crippen LogP contribution is 2.53. The van der Waals surface area contributed by atoms with Crippen LogP contribution in [0.4, 0.5) is 4.39 Å². The van der Waals surface area contributed by atoms with E-state index in [1.807, 2.05) is 0 Å². The molecule has 1 fully saturated rings. The van der Waals surface area contributed by atoms with Crippen LogP contribution in [-0.4, -0.2) is 10.2 Å². The zero-order valence-corrected chi connectivity index (χ0v) is 9.85. The zero-order chi connectivity index (χ0) is 11.8. The van der Waals surface area contributed by atoms with Gasteiger partial charge in [-0.25, -0.2) is 4.39 Å². The molecular weight excluding hydrogens is 252 g/mol. The fourth-order valence-electron chi connectivity index (χ4n) is 1.41. The fourth-order valence-corrected chi connectivity index (χ4v) is 1.92. The Morgan fingerprint density at radius 3 is 2.50 bits per heavy atom. The lowest BCUT2D eigenvalue weighted by Crippen LogP contribution is -2.26. The van der Waals surface area contributed by atoms with Crippen LogP contribution in [0.1, 0.15) is 12.0 Å². The summed E-state index contributed by atoms with van der Waals surface area (Å²) in [5.74, 6) is -0.775. The van der Waals surface area contributed by atoms with Gasteiger partial charge in [0.2, 0.25) is 5.91 Å². The number of carbonyl (C=O) groups is 1. The number of hydrogen-bond donors (Lipinski definition) is 1. The minimum atomic E-state index is -0.896. The Kier molecular flexibility index (Phi) is 3.08. The molecule has 0 radical (unpaired) electrons. The van der Waals surface area contributed by atoms with Crippen molar-refractivity contribution in [1.29, 1.82) is 0 Å². The van der Waals surface area contributed by atoms with Gasteiger partial charge in [0.25, 0.3) is 0 Å². The van der Waals surface area contributed by atoms with Crippen molar-refractivity contribution in [2.24, 2.45) is 5.92 Å². The van der Waals surface area contributed by atoms with E-state index in [0.29, 0.717) is 13.0 Å². The SMILES string of the molecule is O=C(NCc1ccc(F)cc1)C1CC1(Cl)Cl. The number of benzene rings is 1. The first-order valence-corrected chi connectivity index (χ1v) is 5.64. The summed E-state index contributed by atoms with van der Waals surface area (Å²) >= 11 is 11.5. The average Bonchev–Trinajstić information content (AvgIpc) is 2.87. The monoisotopic (exact) mass is 261 g/mol. The van der Waals surface area contributed by atoms with Crippen molar-refractivity contribution < 1.29 is 9.18 Å². The van der Waals surface area contributed by atoms with E-state index in [4.69, 9.17) is 23.2 Å². The summed E-state index contributed by atoms with van der Waals surface area (Å²) in [6, 6.07) is 5.95. The molecule has 0 aliphatic heterocycles. The molecule has 0 aromatic heterocycles. The lowest BCUT2D eigenvalue weighted by Gasteiger charge is -2.05. The first-order chi connectivity index (χ1) is 7.49. The summed E-state index contributed by atoms with van der Waals surface area (Å²) in [6.07, 6.45) is 0.491. The zero-order valence-electron chi connectivity index (χ0n) is 8.34. The van der Waals surface area contributed by atoms with E-state index in [-0.39, 0.29) is 17.6 Å². The Balaban J connectivity index is 1.84. The smallest absolute Gasteiger partial charge is 0.226 e. The highest BCUT2D eigenvalue weighted by molar-refractivity contribution is 6.52. The second kappa shape index (κ2) is 4.22. The van der Waals surface area contributed by atoms with E-state index in [1.165, 1.54) is 12.1 Å². The van der Waals surface area contributed by atoms with E-state index in [9.17, 15) is 9.18 Å². The maximum absolute atomic E-state index is 12.6. The molecule has 1 aliphatic rings. The number of alkyl halides is 2. The molecule has 0 bridgehead atoms. The highest BCUT2D eigenvalue weighted by atomic mass is 35.5. The third-order valence-electron chi connectivity index (χ3n) is 2.52. The van der Waals surface area contributed by atoms with Gasteiger partial charge in [-0.15, -0.1) is 23.2 Å². The number of rotatable bonds is 3. The Morgan fingerprint density at radius 1 is 1.44 bits per heavy atom. The van der Waals surface area contributed by atoms with Gasteiger partial charge in [0.15, 0.2) is 0 Å². The van der Waals surface area contributed by atoms with Gasteiger partial charge in [-0.3, -0.25) is 4.79 Å². The third-order valence-corrected chi connectivity index (χ3v) is 3.36. The summed E-state index contributed by atoms with van der Waals surface area (Å²) in [6.45, 7) is 0.361. The van der Waals surface area contributed by atoms with Crippen LogP contribution in [0.5, 0.6) is 0 Å². The van der Waals surface area contributed by atoms with Crippen LogP contribution in [0.3, 0.4) is 0 Å². The fraction of sp³-hybridized carbons (Fsp3) is 0.364. The number of amides is 1. The van der Waals surface area contributed by atoms with Gasteiger partial charge < -0.3 is 5.32 Å². The summed E-state index contributed by atoms with van der Waals surface area (Å²) < 4.78 is 11.7. The molecule has 0 heterocycles. The molecule has 1 saturated carbocycles. The van der Waals surface area contributed by atoms with E-state index in [2.05, 4.69) is 5.32 Å². The van der Waals surface area contributed by atoms with Gasteiger partial charge in [0.05, 0.1) is 5.92 Å². The maximum atomic E-state index is 12.6. The molecule has 0 saturated heterocycles. The topological polar surface area (TPSA) is 29.1 Å². The lowest BCUT2D eigenvalue weighted by molar-refractivity contribution is -0.122. The van der Waals surface area contributed by atoms with Gasteiger partial charge in [-0.05, 0) is 24.1 Å². The standard InChI is InChI=1S/C11H10Cl2FNO/c12-11(13)5-9(11)10(16)15-6-7-1-3-8(14)4-2-7/h1-4,9H,5-6H2,(H,15,16). The Labute approximate surface area is 103 Å². The molecule has 2 rings (SSSR count). The summed E-state index contributed by atoms with van der Waals surface area (Å²) in [5.41, 5.74) is 0.838. The van der Waals surface area contributed by atoms with Crippen LogP contribution in [0.15, 0.2) is 24.3 Å². The van der Waals surface area contributed by atoms with Gasteiger partial charge in [-0.2, -0.15) is 0 Å². The Morgan fingerprint density at radius 2 is 2.00 bits per heavy atom. The minimum Gasteiger partial charge on any atom is -0.352 e. The van der Waals surface area contributed by atoms with Crippen molar-refractivity contribution in [2.75, 3.05) is 0 Å². The normalized spacial score (nSPS) is 21.6. The molecule has 1 aromatic rings. The van der Waals surface area contributed by atoms with Gasteiger partial charge >= 0.3 is 0 Å². The summed E-state index contributed by atoms with van der Waals surface area (Å²) in [4.78, 5) is 11.5. The van der Waals surface area contributed by atoms with Crippen molar-refractivity contribution in [2.45, 2.75) is 17.3 Å². The molecular formula is C11H10Cl2FNO. The van der Waals surface area contributed by atoms with Crippen LogP contribution in [-0.2, 0) is 11.3 Å². The molecule has 1 atom stereocenters. The molecule has 1 unspecified atom stereocenters. The van der Waals surface area contributed by atoms with Crippen molar-refractivity contribution in [3.05, 3.63) is 35.6 Å². The van der Waals surface area contributed by atoms with Crippen LogP contribution in [0.25, 0.3) is 0 Å². The highest BCUT2D eigenvalue weighted by Gasteiger charge is 2.56. The third kappa shape index (κ3) is 2.66. The lowest BCUT2D eigenvalue weighted by atomic mass is 10.2. The van der Waals surface area contributed by atoms with Gasteiger partial charge in [0.1, 0.15) is 10.2 Å². The maximum Gasteiger partial charge on any atom is 0.226 e. The van der Waals surface area contributed by atoms with Crippen LogP contribution >= 0.6 is 23.2 Å². The molecule has 1 amide bonds. The van der Waals surface area contributed by atoms with Crippen molar-refractivity contribution in [3.8, 4) is 0 Å². The molecule has 1 N–H and O–H groups in total. The van der Waals surface area contributed by atoms with Crippen molar-refractivity contribution >= 4 is 29.1 Å². The largest absolute Gasteiger partial charge is 0.352 e. The minimum absolute atomic E-state index is 0.158. The Bertz CT molecular complexity index is 405. The second-order valence-corrected chi connectivity index (χ2v) is 5.40. The molecule has 16 heavy (non-hydrogen) atoms. The number of carbonyl (C=O) groups excluding carboxylic acids is 1. The first-order valence-electron chi connectivity index (χ1n) is 4.89. The van der Waals surface area contributed by atoms with E-state index >= 15 is 0 Å². The van der Waals surface area contributed by atoms with Gasteiger partial charge in [0, 0.05) is 6.54 Å². The average molecular weight is 262 g/mol. The van der Waals surface area contributed by atoms with E-state index in [0.717, 1.165) is 5.56 Å². The molecule has 0 spiro atoms. The van der Waals surface area contributed by atoms with Crippen LogP contribution < -0.4 is 5.32 Å². The predicted octanol–water partition coefficient (Wildman–Crippen LogP) is 2.64. The number of halogens is 3. The van der Waals surface area contributed by atoms with Gasteiger partial charge in [-0.1, -0.05) is 12.1 Å². The van der Waals surface area contributed by atoms with E-state index in [1.54, 1.807) is 12.1 Å². The van der Waals surface area contributed by atoms with Crippen molar-refractivity contribution in [1.82, 2.24) is 5.32 Å². The molecule has 5 heteroatoms. The quantitative estimate of drug-likeness (QED) is 0.833. The molecule has 2 nitrogen and oxygen atoms in total. The summed E-state index contributed by atoms with van der Waals surface area (Å²) in [7, 11) is 0. The van der Waals surface area contributed by atoms with Crippen molar-refractivity contribution in [3.63, 3.8) is 0 Å². The molecule has 1 aliphatic carbocycles. The first kappa shape index (κ1) is 11.7. The molecule has 1 aromatic carbocycles. The second-order valence-electron chi connectivity index (χ2n) is 3.86.